The number of rotatable bonds is 2. The lowest BCUT2D eigenvalue weighted by Crippen LogP contribution is -2.04. The predicted octanol–water partition coefficient (Wildman–Crippen LogP) is 1.02. The molecule has 3 heterocycles. The third-order valence-corrected chi connectivity index (χ3v) is 3.08. The third kappa shape index (κ3) is 1.74. The van der Waals surface area contributed by atoms with Crippen molar-refractivity contribution in [3.8, 4) is 0 Å². The predicted molar refractivity (Wildman–Crippen MR) is 62.5 cm³/mol. The zero-order valence-electron chi connectivity index (χ0n) is 10.00. The lowest BCUT2D eigenvalue weighted by atomic mass is 10.1. The zero-order chi connectivity index (χ0) is 12.5. The van der Waals surface area contributed by atoms with Crippen molar-refractivity contribution in [1.82, 2.24) is 14.6 Å². The number of pyridine rings is 1. The normalized spacial score (nSPS) is 19.3. The third-order valence-electron chi connectivity index (χ3n) is 3.08. The van der Waals surface area contributed by atoms with Gasteiger partial charge in [0.05, 0.1) is 13.7 Å². The van der Waals surface area contributed by atoms with Gasteiger partial charge in [0.1, 0.15) is 5.56 Å². The van der Waals surface area contributed by atoms with E-state index in [0.717, 1.165) is 18.9 Å². The molecule has 1 aliphatic heterocycles. The van der Waals surface area contributed by atoms with Crippen molar-refractivity contribution in [2.45, 2.75) is 12.3 Å². The lowest BCUT2D eigenvalue weighted by Gasteiger charge is -1.99. The molecule has 94 valence electrons. The second kappa shape index (κ2) is 4.38. The first kappa shape index (κ1) is 11.2. The summed E-state index contributed by atoms with van der Waals surface area (Å²) in [6, 6.07) is 3.44. The molecule has 1 atom stereocenters. The van der Waals surface area contributed by atoms with Crippen LogP contribution in [0.2, 0.25) is 0 Å². The van der Waals surface area contributed by atoms with Crippen LogP contribution in [-0.2, 0) is 9.47 Å². The number of carbonyl (C=O) groups excluding carboxylic acids is 1. The van der Waals surface area contributed by atoms with E-state index in [0.29, 0.717) is 17.8 Å². The first-order valence-corrected chi connectivity index (χ1v) is 5.81. The van der Waals surface area contributed by atoms with Gasteiger partial charge in [0.2, 0.25) is 0 Å². The van der Waals surface area contributed by atoms with Gasteiger partial charge in [0.25, 0.3) is 0 Å². The number of ether oxygens (including phenoxy) is 2. The highest BCUT2D eigenvalue weighted by atomic mass is 16.5. The summed E-state index contributed by atoms with van der Waals surface area (Å²) in [6.07, 6.45) is 2.69. The molecule has 6 heteroatoms. The molecule has 2 aromatic rings. The van der Waals surface area contributed by atoms with Gasteiger partial charge in [-0.1, -0.05) is 0 Å². The molecular formula is C12H13N3O3. The molecule has 0 N–H and O–H groups in total. The largest absolute Gasteiger partial charge is 0.465 e. The van der Waals surface area contributed by atoms with Crippen molar-refractivity contribution in [3.63, 3.8) is 0 Å². The van der Waals surface area contributed by atoms with Crippen LogP contribution in [0.3, 0.4) is 0 Å². The zero-order valence-corrected chi connectivity index (χ0v) is 10.00. The molecular weight excluding hydrogens is 234 g/mol. The molecule has 1 fully saturated rings. The standard InChI is InChI=1S/C12H13N3O3/c1-17-12(16)9-3-2-5-15-11(9)13-10(14-15)8-4-6-18-7-8/h2-3,5,8H,4,6-7H2,1H3. The summed E-state index contributed by atoms with van der Waals surface area (Å²) >= 11 is 0. The fraction of sp³-hybridized carbons (Fsp3) is 0.417. The maximum Gasteiger partial charge on any atom is 0.341 e. The second-order valence-electron chi connectivity index (χ2n) is 4.21. The molecule has 0 radical (unpaired) electrons. The molecule has 18 heavy (non-hydrogen) atoms. The highest BCUT2D eigenvalue weighted by molar-refractivity contribution is 5.95. The summed E-state index contributed by atoms with van der Waals surface area (Å²) in [5.74, 6) is 0.543. The van der Waals surface area contributed by atoms with Gasteiger partial charge in [-0.2, -0.15) is 5.10 Å². The smallest absolute Gasteiger partial charge is 0.341 e. The van der Waals surface area contributed by atoms with Crippen LogP contribution in [0.15, 0.2) is 18.3 Å². The number of esters is 1. The maximum atomic E-state index is 11.6. The van der Waals surface area contributed by atoms with E-state index in [1.165, 1.54) is 7.11 Å². The molecule has 6 nitrogen and oxygen atoms in total. The second-order valence-corrected chi connectivity index (χ2v) is 4.21. The Labute approximate surface area is 104 Å². The van der Waals surface area contributed by atoms with E-state index in [9.17, 15) is 4.79 Å². The summed E-state index contributed by atoms with van der Waals surface area (Å²) < 4.78 is 11.7. The Morgan fingerprint density at radius 3 is 3.22 bits per heavy atom. The molecule has 0 saturated carbocycles. The minimum atomic E-state index is -0.401. The van der Waals surface area contributed by atoms with Crippen LogP contribution in [-0.4, -0.2) is 40.9 Å². The lowest BCUT2D eigenvalue weighted by molar-refractivity contribution is 0.0602. The molecule has 0 amide bonds. The van der Waals surface area contributed by atoms with Crippen LogP contribution in [0.1, 0.15) is 28.5 Å². The first-order chi connectivity index (χ1) is 8.79. The van der Waals surface area contributed by atoms with E-state index in [2.05, 4.69) is 10.1 Å². The number of hydrogen-bond acceptors (Lipinski definition) is 5. The van der Waals surface area contributed by atoms with Gasteiger partial charge in [0, 0.05) is 18.7 Å². The van der Waals surface area contributed by atoms with E-state index < -0.39 is 5.97 Å². The van der Waals surface area contributed by atoms with Crippen LogP contribution in [0, 0.1) is 0 Å². The average molecular weight is 247 g/mol. The molecule has 1 aliphatic rings. The van der Waals surface area contributed by atoms with E-state index in [-0.39, 0.29) is 5.92 Å². The number of carbonyl (C=O) groups is 1. The van der Waals surface area contributed by atoms with Crippen LogP contribution >= 0.6 is 0 Å². The first-order valence-electron chi connectivity index (χ1n) is 5.81. The van der Waals surface area contributed by atoms with Crippen molar-refractivity contribution >= 4 is 11.6 Å². The fourth-order valence-corrected chi connectivity index (χ4v) is 2.10. The highest BCUT2D eigenvalue weighted by Gasteiger charge is 2.23. The van der Waals surface area contributed by atoms with Gasteiger partial charge in [-0.25, -0.2) is 14.3 Å². The Hall–Kier alpha value is -1.95. The van der Waals surface area contributed by atoms with Crippen molar-refractivity contribution < 1.29 is 14.3 Å². The van der Waals surface area contributed by atoms with Crippen LogP contribution in [0.5, 0.6) is 0 Å². The number of aromatic nitrogens is 3. The van der Waals surface area contributed by atoms with Crippen LogP contribution < -0.4 is 0 Å². The van der Waals surface area contributed by atoms with Gasteiger partial charge in [-0.05, 0) is 18.6 Å². The summed E-state index contributed by atoms with van der Waals surface area (Å²) in [5.41, 5.74) is 0.962. The molecule has 2 aromatic heterocycles. The Morgan fingerprint density at radius 1 is 1.61 bits per heavy atom. The van der Waals surface area contributed by atoms with Gasteiger partial charge in [-0.15, -0.1) is 0 Å². The minimum absolute atomic E-state index is 0.218. The van der Waals surface area contributed by atoms with E-state index >= 15 is 0 Å². The van der Waals surface area contributed by atoms with Crippen molar-refractivity contribution in [1.29, 1.82) is 0 Å². The molecule has 1 unspecified atom stereocenters. The van der Waals surface area contributed by atoms with Gasteiger partial charge < -0.3 is 9.47 Å². The molecule has 0 bridgehead atoms. The molecule has 0 aliphatic carbocycles. The van der Waals surface area contributed by atoms with Crippen LogP contribution in [0.25, 0.3) is 5.65 Å². The Balaban J connectivity index is 2.08. The highest BCUT2D eigenvalue weighted by Crippen LogP contribution is 2.23. The maximum absolute atomic E-state index is 11.6. The molecule has 0 aromatic carbocycles. The van der Waals surface area contributed by atoms with E-state index in [1.54, 1.807) is 22.8 Å². The average Bonchev–Trinajstić information content (AvgIpc) is 3.04. The number of methoxy groups -OCH3 is 1. The Kier molecular flexibility index (Phi) is 2.71. The molecule has 3 rings (SSSR count). The topological polar surface area (TPSA) is 65.7 Å². The van der Waals surface area contributed by atoms with Gasteiger partial charge in [-0.3, -0.25) is 0 Å². The fourth-order valence-electron chi connectivity index (χ4n) is 2.10. The quantitative estimate of drug-likeness (QED) is 0.741. The number of fused-ring (bicyclic) bond motifs is 1. The van der Waals surface area contributed by atoms with E-state index in [1.807, 2.05) is 0 Å². The molecule has 1 saturated heterocycles. The van der Waals surface area contributed by atoms with Crippen molar-refractivity contribution in [3.05, 3.63) is 29.7 Å². The van der Waals surface area contributed by atoms with E-state index in [4.69, 9.17) is 9.47 Å². The van der Waals surface area contributed by atoms with Gasteiger partial charge >= 0.3 is 5.97 Å². The monoisotopic (exact) mass is 247 g/mol. The summed E-state index contributed by atoms with van der Waals surface area (Å²) in [7, 11) is 1.36. The van der Waals surface area contributed by atoms with Gasteiger partial charge in [0.15, 0.2) is 11.5 Å². The van der Waals surface area contributed by atoms with Crippen molar-refractivity contribution in [2.75, 3.05) is 20.3 Å². The Morgan fingerprint density at radius 2 is 2.50 bits per heavy atom. The summed E-state index contributed by atoms with van der Waals surface area (Å²) in [4.78, 5) is 16.1. The number of hydrogen-bond donors (Lipinski definition) is 0. The SMILES string of the molecule is COC(=O)c1cccn2nc(C3CCOC3)nc12. The van der Waals surface area contributed by atoms with Crippen LogP contribution in [0.4, 0.5) is 0 Å². The Bertz CT molecular complexity index is 587. The summed E-state index contributed by atoms with van der Waals surface area (Å²) in [5, 5.41) is 4.39. The number of nitrogens with zero attached hydrogens (tertiary/aromatic N) is 3. The van der Waals surface area contributed by atoms with Crippen molar-refractivity contribution in [2.24, 2.45) is 0 Å². The molecule has 0 spiro atoms. The minimum Gasteiger partial charge on any atom is -0.465 e. The summed E-state index contributed by atoms with van der Waals surface area (Å²) in [6.45, 7) is 1.38.